The van der Waals surface area contributed by atoms with Crippen molar-refractivity contribution in [1.82, 2.24) is 29.9 Å². The minimum atomic E-state index is -0.333. The Morgan fingerprint density at radius 1 is 1.14 bits per heavy atom. The van der Waals surface area contributed by atoms with Gasteiger partial charge in [-0.3, -0.25) is 9.59 Å². The summed E-state index contributed by atoms with van der Waals surface area (Å²) in [7, 11) is 1.61. The summed E-state index contributed by atoms with van der Waals surface area (Å²) < 4.78 is 12.1. The first-order valence-electron chi connectivity index (χ1n) is 11.9. The van der Waals surface area contributed by atoms with Crippen LogP contribution in [0.4, 0.5) is 0 Å². The molecule has 1 aliphatic heterocycles. The van der Waals surface area contributed by atoms with Crippen LogP contribution in [0.15, 0.2) is 35.5 Å². The van der Waals surface area contributed by atoms with Crippen LogP contribution in [0.3, 0.4) is 0 Å². The normalized spacial score (nSPS) is 15.6. The molecule has 2 aromatic heterocycles. The number of rotatable bonds is 8. The van der Waals surface area contributed by atoms with Gasteiger partial charge in [0.05, 0.1) is 31.0 Å². The minimum Gasteiger partial charge on any atom is -0.497 e. The number of hydrogen-bond donors (Lipinski definition) is 0. The number of amides is 1. The predicted octanol–water partition coefficient (Wildman–Crippen LogP) is 3.39. The molecule has 0 radical (unpaired) electrons. The van der Waals surface area contributed by atoms with E-state index in [4.69, 9.17) is 9.47 Å². The molecule has 1 atom stereocenters. The highest BCUT2D eigenvalue weighted by Crippen LogP contribution is 2.27. The van der Waals surface area contributed by atoms with Crippen LogP contribution in [-0.4, -0.2) is 68.5 Å². The van der Waals surface area contributed by atoms with Gasteiger partial charge in [0.25, 0.3) is 5.91 Å². The molecule has 3 heterocycles. The Kier molecular flexibility index (Phi) is 8.19. The monoisotopic (exact) mass is 510 g/mol. The summed E-state index contributed by atoms with van der Waals surface area (Å²) in [5.74, 6) is 0.257. The van der Waals surface area contributed by atoms with Crippen LogP contribution in [0.1, 0.15) is 47.3 Å². The van der Waals surface area contributed by atoms with Crippen molar-refractivity contribution in [3.63, 3.8) is 0 Å². The first-order valence-corrected chi connectivity index (χ1v) is 12.9. The molecule has 10 nitrogen and oxygen atoms in total. The second-order valence-electron chi connectivity index (χ2n) is 8.56. The lowest BCUT2D eigenvalue weighted by molar-refractivity contribution is -0.149. The second kappa shape index (κ2) is 11.5. The van der Waals surface area contributed by atoms with Gasteiger partial charge in [0, 0.05) is 30.2 Å². The van der Waals surface area contributed by atoms with Gasteiger partial charge in [0.1, 0.15) is 5.75 Å². The summed E-state index contributed by atoms with van der Waals surface area (Å²) in [4.78, 5) is 36.6. The molecule has 1 amide bonds. The number of benzene rings is 1. The van der Waals surface area contributed by atoms with Crippen LogP contribution in [0.25, 0.3) is 5.69 Å². The molecule has 0 aliphatic carbocycles. The fourth-order valence-corrected chi connectivity index (χ4v) is 5.12. The molecule has 1 saturated heterocycles. The van der Waals surface area contributed by atoms with Crippen molar-refractivity contribution in [2.75, 3.05) is 26.8 Å². The number of ether oxygens (including phenoxy) is 2. The Balaban J connectivity index is 1.64. The number of carbonyl (C=O) groups is 2. The number of methoxy groups -OCH3 is 1. The molecule has 0 N–H and O–H groups in total. The van der Waals surface area contributed by atoms with Crippen LogP contribution >= 0.6 is 11.8 Å². The Bertz CT molecular complexity index is 1210. The summed E-state index contributed by atoms with van der Waals surface area (Å²) >= 11 is 1.42. The highest BCUT2D eigenvalue weighted by molar-refractivity contribution is 7.98. The zero-order valence-corrected chi connectivity index (χ0v) is 21.7. The van der Waals surface area contributed by atoms with Gasteiger partial charge in [-0.2, -0.15) is 0 Å². The van der Waals surface area contributed by atoms with E-state index in [1.165, 1.54) is 11.8 Å². The van der Waals surface area contributed by atoms with Gasteiger partial charge < -0.3 is 14.4 Å². The molecular weight excluding hydrogens is 480 g/mol. The maximum Gasteiger partial charge on any atom is 0.310 e. The van der Waals surface area contributed by atoms with E-state index in [-0.39, 0.29) is 23.5 Å². The van der Waals surface area contributed by atoms with E-state index in [1.807, 2.05) is 44.2 Å². The molecule has 0 spiro atoms. The fraction of sp³-hybridized carbons (Fsp3) is 0.440. The van der Waals surface area contributed by atoms with Gasteiger partial charge in [0.2, 0.25) is 0 Å². The average Bonchev–Trinajstić information content (AvgIpc) is 3.30. The molecule has 1 aromatic carbocycles. The number of thioether (sulfide) groups is 1. The average molecular weight is 511 g/mol. The van der Waals surface area contributed by atoms with Crippen LogP contribution < -0.4 is 4.74 Å². The molecule has 0 saturated carbocycles. The molecule has 3 aromatic rings. The highest BCUT2D eigenvalue weighted by Gasteiger charge is 2.32. The second-order valence-corrected chi connectivity index (χ2v) is 9.50. The highest BCUT2D eigenvalue weighted by atomic mass is 32.2. The summed E-state index contributed by atoms with van der Waals surface area (Å²) in [6.45, 7) is 6.81. The topological polar surface area (TPSA) is 112 Å². The lowest BCUT2D eigenvalue weighted by Crippen LogP contribution is -2.43. The van der Waals surface area contributed by atoms with Gasteiger partial charge in [-0.15, -0.1) is 5.10 Å². The fourth-order valence-electron chi connectivity index (χ4n) is 4.18. The standard InChI is InChI=1S/C25H30N6O4S/c1-5-35-24(33)18-7-6-12-30(14-18)23(32)22-21(15-36-25-26-16(2)13-17(3)27-25)31(29-28-22)19-8-10-20(34-4)11-9-19/h8-11,13,18H,5-7,12,14-15H2,1-4H3. The quantitative estimate of drug-likeness (QED) is 0.256. The third-order valence-corrected chi connectivity index (χ3v) is 6.77. The molecule has 1 unspecified atom stereocenters. The van der Waals surface area contributed by atoms with Crippen molar-refractivity contribution < 1.29 is 19.1 Å². The van der Waals surface area contributed by atoms with E-state index in [9.17, 15) is 9.59 Å². The Hall–Kier alpha value is -3.47. The summed E-state index contributed by atoms with van der Waals surface area (Å²) in [5, 5.41) is 9.22. The van der Waals surface area contributed by atoms with E-state index in [2.05, 4.69) is 20.3 Å². The molecule has 1 aliphatic rings. The van der Waals surface area contributed by atoms with Gasteiger partial charge in [-0.25, -0.2) is 14.6 Å². The van der Waals surface area contributed by atoms with Crippen molar-refractivity contribution in [3.05, 3.63) is 53.1 Å². The number of hydrogen-bond acceptors (Lipinski definition) is 9. The lowest BCUT2D eigenvalue weighted by atomic mass is 9.98. The zero-order chi connectivity index (χ0) is 25.7. The van der Waals surface area contributed by atoms with Crippen molar-refractivity contribution in [2.45, 2.75) is 44.5 Å². The number of nitrogens with zero attached hydrogens (tertiary/aromatic N) is 6. The van der Waals surface area contributed by atoms with Crippen molar-refractivity contribution in [2.24, 2.45) is 5.92 Å². The van der Waals surface area contributed by atoms with Crippen molar-refractivity contribution in [3.8, 4) is 11.4 Å². The summed E-state index contributed by atoms with van der Waals surface area (Å²) in [6.07, 6.45) is 1.43. The SMILES string of the molecule is CCOC(=O)C1CCCN(C(=O)c2nnn(-c3ccc(OC)cc3)c2CSc2nc(C)cc(C)n2)C1. The number of aromatic nitrogens is 5. The van der Waals surface area contributed by atoms with Crippen LogP contribution in [-0.2, 0) is 15.3 Å². The van der Waals surface area contributed by atoms with Gasteiger partial charge in [-0.1, -0.05) is 17.0 Å². The minimum absolute atomic E-state index is 0.249. The predicted molar refractivity (Wildman–Crippen MR) is 134 cm³/mol. The third kappa shape index (κ3) is 5.84. The number of likely N-dealkylation sites (tertiary alicyclic amines) is 1. The lowest BCUT2D eigenvalue weighted by Gasteiger charge is -2.31. The summed E-state index contributed by atoms with van der Waals surface area (Å²) in [6, 6.07) is 9.30. The number of carbonyl (C=O) groups excluding carboxylic acids is 2. The number of esters is 1. The molecule has 1 fully saturated rings. The summed E-state index contributed by atoms with van der Waals surface area (Å²) in [5.41, 5.74) is 3.40. The Morgan fingerprint density at radius 2 is 1.86 bits per heavy atom. The first-order chi connectivity index (χ1) is 17.4. The molecule has 11 heteroatoms. The smallest absolute Gasteiger partial charge is 0.310 e. The third-order valence-electron chi connectivity index (χ3n) is 5.91. The van der Waals surface area contributed by atoms with E-state index in [0.717, 1.165) is 23.5 Å². The van der Waals surface area contributed by atoms with Crippen LogP contribution in [0, 0.1) is 19.8 Å². The van der Waals surface area contributed by atoms with E-state index in [1.54, 1.807) is 23.6 Å². The molecule has 190 valence electrons. The number of aryl methyl sites for hydroxylation is 2. The van der Waals surface area contributed by atoms with E-state index in [0.29, 0.717) is 48.5 Å². The molecular formula is C25H30N6O4S. The van der Waals surface area contributed by atoms with Gasteiger partial charge >= 0.3 is 5.97 Å². The number of piperidine rings is 1. The molecule has 4 rings (SSSR count). The van der Waals surface area contributed by atoms with E-state index >= 15 is 0 Å². The van der Waals surface area contributed by atoms with Crippen molar-refractivity contribution in [1.29, 1.82) is 0 Å². The molecule has 36 heavy (non-hydrogen) atoms. The zero-order valence-electron chi connectivity index (χ0n) is 20.9. The maximum atomic E-state index is 13.6. The van der Waals surface area contributed by atoms with Crippen molar-refractivity contribution >= 4 is 23.6 Å². The Morgan fingerprint density at radius 3 is 2.53 bits per heavy atom. The largest absolute Gasteiger partial charge is 0.497 e. The molecule has 0 bridgehead atoms. The van der Waals surface area contributed by atoms with Gasteiger partial charge in [-0.05, 0) is 63.9 Å². The van der Waals surface area contributed by atoms with Crippen LogP contribution in [0.5, 0.6) is 5.75 Å². The Labute approximate surface area is 214 Å². The first kappa shape index (κ1) is 25.6. The van der Waals surface area contributed by atoms with E-state index < -0.39 is 0 Å². The maximum absolute atomic E-state index is 13.6. The van der Waals surface area contributed by atoms with Crippen LogP contribution in [0.2, 0.25) is 0 Å². The van der Waals surface area contributed by atoms with Gasteiger partial charge in [0.15, 0.2) is 10.9 Å².